The molecule has 2 unspecified atom stereocenters. The molecule has 2 rings (SSSR count). The molecule has 0 spiro atoms. The van der Waals surface area contributed by atoms with Crippen molar-refractivity contribution in [2.75, 3.05) is 13.1 Å². The van der Waals surface area contributed by atoms with Crippen LogP contribution in [-0.4, -0.2) is 13.1 Å². The van der Waals surface area contributed by atoms with E-state index in [0.29, 0.717) is 4.47 Å². The zero-order valence-electron chi connectivity index (χ0n) is 12.3. The quantitative estimate of drug-likeness (QED) is 0.748. The summed E-state index contributed by atoms with van der Waals surface area (Å²) in [6, 6.07) is 5.47. The second kappa shape index (κ2) is 8.14. The van der Waals surface area contributed by atoms with Crippen molar-refractivity contribution in [2.45, 2.75) is 45.4 Å². The molecule has 1 aromatic carbocycles. The van der Waals surface area contributed by atoms with Gasteiger partial charge in [-0.15, -0.1) is 0 Å². The minimum atomic E-state index is -0.168. The lowest BCUT2D eigenvalue weighted by Gasteiger charge is -2.25. The third-order valence-corrected chi connectivity index (χ3v) is 5.06. The molecule has 1 N–H and O–H groups in total. The van der Waals surface area contributed by atoms with E-state index < -0.39 is 0 Å². The smallest absolute Gasteiger partial charge is 0.137 e. The van der Waals surface area contributed by atoms with Gasteiger partial charge in [-0.25, -0.2) is 4.39 Å². The van der Waals surface area contributed by atoms with Gasteiger partial charge in [0.05, 0.1) is 4.47 Å². The van der Waals surface area contributed by atoms with Gasteiger partial charge in [-0.3, -0.25) is 0 Å². The van der Waals surface area contributed by atoms with Crippen LogP contribution in [0.5, 0.6) is 0 Å². The number of halogens is 2. The largest absolute Gasteiger partial charge is 0.317 e. The molecule has 1 saturated carbocycles. The van der Waals surface area contributed by atoms with E-state index in [9.17, 15) is 4.39 Å². The van der Waals surface area contributed by atoms with Gasteiger partial charge in [0.1, 0.15) is 5.82 Å². The first-order valence-electron chi connectivity index (χ1n) is 7.85. The monoisotopic (exact) mass is 341 g/mol. The van der Waals surface area contributed by atoms with Crippen LogP contribution in [0.2, 0.25) is 0 Å². The zero-order chi connectivity index (χ0) is 14.4. The Morgan fingerprint density at radius 1 is 1.20 bits per heavy atom. The first-order chi connectivity index (χ1) is 9.70. The molecule has 0 amide bonds. The van der Waals surface area contributed by atoms with Crippen LogP contribution in [-0.2, 0) is 6.42 Å². The van der Waals surface area contributed by atoms with Crippen LogP contribution < -0.4 is 5.32 Å². The van der Waals surface area contributed by atoms with E-state index >= 15 is 0 Å². The highest BCUT2D eigenvalue weighted by Crippen LogP contribution is 2.32. The van der Waals surface area contributed by atoms with E-state index in [1.54, 1.807) is 6.07 Å². The number of nitrogens with one attached hydrogen (secondary N) is 1. The Morgan fingerprint density at radius 3 is 2.65 bits per heavy atom. The minimum Gasteiger partial charge on any atom is -0.317 e. The number of hydrogen-bond acceptors (Lipinski definition) is 1. The van der Waals surface area contributed by atoms with Gasteiger partial charge < -0.3 is 5.32 Å². The van der Waals surface area contributed by atoms with Gasteiger partial charge in [0.25, 0.3) is 0 Å². The van der Waals surface area contributed by atoms with Gasteiger partial charge in [0.15, 0.2) is 0 Å². The summed E-state index contributed by atoms with van der Waals surface area (Å²) in [4.78, 5) is 0. The molecular weight excluding hydrogens is 317 g/mol. The fourth-order valence-corrected chi connectivity index (χ4v) is 3.72. The zero-order valence-corrected chi connectivity index (χ0v) is 13.9. The Bertz CT molecular complexity index is 421. The van der Waals surface area contributed by atoms with Crippen LogP contribution in [0.4, 0.5) is 4.39 Å². The molecule has 0 saturated heterocycles. The lowest BCUT2D eigenvalue weighted by atomic mass is 9.83. The molecule has 0 radical (unpaired) electrons. The fraction of sp³-hybridized carbons (Fsp3) is 0.647. The topological polar surface area (TPSA) is 12.0 Å². The summed E-state index contributed by atoms with van der Waals surface area (Å²) in [5, 5.41) is 3.51. The van der Waals surface area contributed by atoms with Crippen LogP contribution in [0.15, 0.2) is 22.7 Å². The highest BCUT2D eigenvalue weighted by atomic mass is 79.9. The van der Waals surface area contributed by atoms with Crippen LogP contribution in [0.3, 0.4) is 0 Å². The van der Waals surface area contributed by atoms with Gasteiger partial charge in [-0.2, -0.15) is 0 Å². The SMILES string of the molecule is CCNCC1CCCCCC1Cc1ccc(F)c(Br)c1. The van der Waals surface area contributed by atoms with Crippen molar-refractivity contribution in [2.24, 2.45) is 11.8 Å². The highest BCUT2D eigenvalue weighted by Gasteiger charge is 2.23. The Balaban J connectivity index is 2.03. The molecule has 1 aromatic rings. The highest BCUT2D eigenvalue weighted by molar-refractivity contribution is 9.10. The Kier molecular flexibility index (Phi) is 6.50. The van der Waals surface area contributed by atoms with Crippen molar-refractivity contribution in [3.05, 3.63) is 34.1 Å². The Morgan fingerprint density at radius 2 is 1.95 bits per heavy atom. The van der Waals surface area contributed by atoms with Crippen LogP contribution >= 0.6 is 15.9 Å². The van der Waals surface area contributed by atoms with Crippen molar-refractivity contribution in [1.82, 2.24) is 5.32 Å². The maximum Gasteiger partial charge on any atom is 0.137 e. The van der Waals surface area contributed by atoms with Crippen molar-refractivity contribution < 1.29 is 4.39 Å². The summed E-state index contributed by atoms with van der Waals surface area (Å²) < 4.78 is 13.9. The Hall–Kier alpha value is -0.410. The van der Waals surface area contributed by atoms with Crippen molar-refractivity contribution >= 4 is 15.9 Å². The van der Waals surface area contributed by atoms with E-state index in [1.165, 1.54) is 37.7 Å². The predicted octanol–water partition coefficient (Wildman–Crippen LogP) is 4.94. The standard InChI is InChI=1S/C17H25BrFN/c1-2-20-12-15-7-5-3-4-6-14(15)10-13-8-9-17(19)16(18)11-13/h8-9,11,14-15,20H,2-7,10,12H2,1H3. The number of rotatable bonds is 5. The summed E-state index contributed by atoms with van der Waals surface area (Å²) in [5.41, 5.74) is 1.26. The minimum absolute atomic E-state index is 0.168. The van der Waals surface area contributed by atoms with Crippen molar-refractivity contribution in [3.63, 3.8) is 0 Å². The van der Waals surface area contributed by atoms with E-state index in [1.807, 2.05) is 12.1 Å². The molecule has 0 bridgehead atoms. The average Bonchev–Trinajstić information content (AvgIpc) is 2.66. The molecule has 112 valence electrons. The first-order valence-corrected chi connectivity index (χ1v) is 8.64. The molecule has 1 aliphatic rings. The van der Waals surface area contributed by atoms with Crippen molar-refractivity contribution in [3.8, 4) is 0 Å². The maximum absolute atomic E-state index is 13.3. The van der Waals surface area contributed by atoms with Crippen LogP contribution in [0, 0.1) is 17.7 Å². The van der Waals surface area contributed by atoms with E-state index in [2.05, 4.69) is 28.2 Å². The van der Waals surface area contributed by atoms with E-state index in [-0.39, 0.29) is 5.82 Å². The first kappa shape index (κ1) is 16.0. The third kappa shape index (κ3) is 4.56. The van der Waals surface area contributed by atoms with Crippen LogP contribution in [0.1, 0.15) is 44.6 Å². The lowest BCUT2D eigenvalue weighted by Crippen LogP contribution is -2.28. The summed E-state index contributed by atoms with van der Waals surface area (Å²) in [6.07, 6.45) is 7.79. The Labute approximate surface area is 130 Å². The number of hydrogen-bond donors (Lipinski definition) is 1. The van der Waals surface area contributed by atoms with Gasteiger partial charge in [0, 0.05) is 0 Å². The summed E-state index contributed by atoms with van der Waals surface area (Å²) in [6.45, 7) is 4.34. The molecular formula is C17H25BrFN. The second-order valence-electron chi connectivity index (χ2n) is 5.92. The average molecular weight is 342 g/mol. The van der Waals surface area contributed by atoms with Gasteiger partial charge in [-0.1, -0.05) is 32.3 Å². The van der Waals surface area contributed by atoms with Gasteiger partial charge in [-0.05, 0) is 77.8 Å². The van der Waals surface area contributed by atoms with Crippen LogP contribution in [0.25, 0.3) is 0 Å². The molecule has 0 aromatic heterocycles. The molecule has 20 heavy (non-hydrogen) atoms. The summed E-state index contributed by atoms with van der Waals surface area (Å²) >= 11 is 3.30. The molecule has 0 heterocycles. The molecule has 0 aliphatic heterocycles. The van der Waals surface area contributed by atoms with Gasteiger partial charge in [0.2, 0.25) is 0 Å². The molecule has 1 fully saturated rings. The molecule has 1 nitrogen and oxygen atoms in total. The van der Waals surface area contributed by atoms with Crippen molar-refractivity contribution in [1.29, 1.82) is 0 Å². The molecule has 2 atom stereocenters. The third-order valence-electron chi connectivity index (χ3n) is 4.45. The van der Waals surface area contributed by atoms with E-state index in [0.717, 1.165) is 31.3 Å². The lowest BCUT2D eigenvalue weighted by molar-refractivity contribution is 0.299. The summed E-state index contributed by atoms with van der Waals surface area (Å²) in [7, 11) is 0. The fourth-order valence-electron chi connectivity index (χ4n) is 3.30. The van der Waals surface area contributed by atoms with Gasteiger partial charge >= 0.3 is 0 Å². The maximum atomic E-state index is 13.3. The summed E-state index contributed by atoms with van der Waals surface area (Å²) in [5.74, 6) is 1.33. The second-order valence-corrected chi connectivity index (χ2v) is 6.77. The molecule has 1 aliphatic carbocycles. The predicted molar refractivity (Wildman–Crippen MR) is 86.4 cm³/mol. The number of benzene rings is 1. The molecule has 3 heteroatoms. The van der Waals surface area contributed by atoms with E-state index in [4.69, 9.17) is 0 Å². The normalized spacial score (nSPS) is 23.6.